The molecular weight excluding hydrogens is 316 g/mol. The molecule has 0 unspecified atom stereocenters. The van der Waals surface area contributed by atoms with Crippen molar-refractivity contribution >= 4 is 17.5 Å². The van der Waals surface area contributed by atoms with Gasteiger partial charge in [0, 0.05) is 18.2 Å². The second kappa shape index (κ2) is 6.66. The van der Waals surface area contributed by atoms with Gasteiger partial charge < -0.3 is 9.84 Å². The van der Waals surface area contributed by atoms with Gasteiger partial charge in [-0.25, -0.2) is 0 Å². The van der Waals surface area contributed by atoms with E-state index in [0.717, 1.165) is 11.3 Å². The molecule has 0 spiro atoms. The fourth-order valence-electron chi connectivity index (χ4n) is 2.21. The van der Waals surface area contributed by atoms with E-state index in [-0.39, 0.29) is 18.1 Å². The number of aromatic nitrogens is 3. The Morgan fingerprint density at radius 1 is 1.35 bits per heavy atom. The van der Waals surface area contributed by atoms with E-state index in [1.807, 2.05) is 37.3 Å². The molecule has 118 valence electrons. The number of nitrogens with one attached hydrogen (secondary N) is 1. The van der Waals surface area contributed by atoms with Crippen molar-refractivity contribution < 1.29 is 9.32 Å². The lowest BCUT2D eigenvalue weighted by Gasteiger charge is -2.06. The van der Waals surface area contributed by atoms with Crippen molar-refractivity contribution in [2.24, 2.45) is 0 Å². The number of rotatable bonds is 5. The monoisotopic (exact) mass is 330 g/mol. The van der Waals surface area contributed by atoms with Gasteiger partial charge in [0.15, 0.2) is 11.5 Å². The van der Waals surface area contributed by atoms with E-state index in [2.05, 4.69) is 15.6 Å². The van der Waals surface area contributed by atoms with Crippen molar-refractivity contribution in [1.29, 1.82) is 0 Å². The Kier molecular flexibility index (Phi) is 4.43. The second-order valence-electron chi connectivity index (χ2n) is 4.88. The molecule has 0 bridgehead atoms. The van der Waals surface area contributed by atoms with E-state index in [1.165, 1.54) is 0 Å². The zero-order valence-corrected chi connectivity index (χ0v) is 13.2. The van der Waals surface area contributed by atoms with E-state index in [0.29, 0.717) is 17.3 Å². The molecule has 1 amide bonds. The highest BCUT2D eigenvalue weighted by Crippen LogP contribution is 2.20. The van der Waals surface area contributed by atoms with Gasteiger partial charge in [0.2, 0.25) is 0 Å². The summed E-state index contributed by atoms with van der Waals surface area (Å²) >= 11 is 6.07. The molecule has 7 heteroatoms. The number of halogens is 1. The lowest BCUT2D eigenvalue weighted by atomic mass is 10.1. The van der Waals surface area contributed by atoms with Crippen LogP contribution in [0.1, 0.15) is 23.1 Å². The van der Waals surface area contributed by atoms with Crippen LogP contribution in [0.3, 0.4) is 0 Å². The number of amides is 1. The van der Waals surface area contributed by atoms with Crippen LogP contribution >= 0.6 is 11.6 Å². The first-order valence-electron chi connectivity index (χ1n) is 7.19. The van der Waals surface area contributed by atoms with Gasteiger partial charge in [0.1, 0.15) is 0 Å². The highest BCUT2D eigenvalue weighted by atomic mass is 35.5. The van der Waals surface area contributed by atoms with Crippen LogP contribution < -0.4 is 5.32 Å². The van der Waals surface area contributed by atoms with Crippen molar-refractivity contribution in [2.45, 2.75) is 20.0 Å². The number of hydrogen-bond donors (Lipinski definition) is 1. The van der Waals surface area contributed by atoms with Crippen LogP contribution in [0.15, 0.2) is 47.1 Å². The topological polar surface area (TPSA) is 73.0 Å². The van der Waals surface area contributed by atoms with Crippen LogP contribution in [0.4, 0.5) is 0 Å². The summed E-state index contributed by atoms with van der Waals surface area (Å²) in [5.41, 5.74) is 1.85. The highest BCUT2D eigenvalue weighted by molar-refractivity contribution is 6.31. The lowest BCUT2D eigenvalue weighted by molar-refractivity contribution is 0.0941. The van der Waals surface area contributed by atoms with Crippen LogP contribution in [0.5, 0.6) is 0 Å². The van der Waals surface area contributed by atoms with Gasteiger partial charge in [-0.2, -0.15) is 5.10 Å². The van der Waals surface area contributed by atoms with Crippen molar-refractivity contribution in [1.82, 2.24) is 20.3 Å². The minimum Gasteiger partial charge on any atom is -0.355 e. The molecule has 0 atom stereocenters. The van der Waals surface area contributed by atoms with Crippen LogP contribution in [-0.2, 0) is 13.1 Å². The van der Waals surface area contributed by atoms with Gasteiger partial charge in [-0.15, -0.1) is 0 Å². The summed E-state index contributed by atoms with van der Waals surface area (Å²) in [5, 5.41) is 11.2. The van der Waals surface area contributed by atoms with Crippen LogP contribution in [-0.4, -0.2) is 20.8 Å². The smallest absolute Gasteiger partial charge is 0.273 e. The van der Waals surface area contributed by atoms with Gasteiger partial charge in [0.05, 0.1) is 23.5 Å². The van der Waals surface area contributed by atoms with Gasteiger partial charge in [-0.1, -0.05) is 47.1 Å². The molecule has 0 fully saturated rings. The fourth-order valence-corrected chi connectivity index (χ4v) is 2.42. The number of carbonyl (C=O) groups excluding carboxylic acids is 1. The van der Waals surface area contributed by atoms with E-state index >= 15 is 0 Å². The summed E-state index contributed by atoms with van der Waals surface area (Å²) in [4.78, 5) is 12.2. The Balaban J connectivity index is 1.70. The maximum atomic E-state index is 12.2. The third kappa shape index (κ3) is 3.27. The SMILES string of the molecule is CCn1ncc(Cl)c1CNC(=O)c1cc(-c2ccccc2)on1. The molecule has 0 aliphatic rings. The summed E-state index contributed by atoms with van der Waals surface area (Å²) in [7, 11) is 0. The van der Waals surface area contributed by atoms with Gasteiger partial charge in [-0.05, 0) is 6.92 Å². The highest BCUT2D eigenvalue weighted by Gasteiger charge is 2.15. The minimum absolute atomic E-state index is 0.225. The molecule has 2 aromatic heterocycles. The molecule has 0 saturated carbocycles. The number of benzene rings is 1. The predicted octanol–water partition coefficient (Wildman–Crippen LogP) is 3.14. The second-order valence-corrected chi connectivity index (χ2v) is 5.29. The van der Waals surface area contributed by atoms with Crippen molar-refractivity contribution in [3.63, 3.8) is 0 Å². The normalized spacial score (nSPS) is 10.7. The Morgan fingerprint density at radius 2 is 2.13 bits per heavy atom. The number of aryl methyl sites for hydroxylation is 1. The molecule has 2 heterocycles. The average Bonchev–Trinajstić information content (AvgIpc) is 3.20. The molecule has 3 aromatic rings. The summed E-state index contributed by atoms with van der Waals surface area (Å²) < 4.78 is 6.96. The molecule has 3 rings (SSSR count). The molecule has 0 saturated heterocycles. The first-order chi connectivity index (χ1) is 11.2. The zero-order valence-electron chi connectivity index (χ0n) is 12.5. The standard InChI is InChI=1S/C16H15ClN4O2/c1-2-21-14(12(17)9-19-21)10-18-16(22)13-8-15(23-20-13)11-6-4-3-5-7-11/h3-9H,2,10H2,1H3,(H,18,22). The zero-order chi connectivity index (χ0) is 16.2. The van der Waals surface area contributed by atoms with Crippen molar-refractivity contribution in [3.8, 4) is 11.3 Å². The molecule has 1 aromatic carbocycles. The molecular formula is C16H15ClN4O2. The average molecular weight is 331 g/mol. The Labute approximate surface area is 138 Å². The summed E-state index contributed by atoms with van der Waals surface area (Å²) in [6.45, 7) is 2.91. The van der Waals surface area contributed by atoms with E-state index in [4.69, 9.17) is 16.1 Å². The fraction of sp³-hybridized carbons (Fsp3) is 0.188. The van der Waals surface area contributed by atoms with Crippen molar-refractivity contribution in [2.75, 3.05) is 0 Å². The van der Waals surface area contributed by atoms with Crippen LogP contribution in [0.2, 0.25) is 5.02 Å². The molecule has 1 N–H and O–H groups in total. The molecule has 0 aliphatic heterocycles. The largest absolute Gasteiger partial charge is 0.355 e. The summed E-state index contributed by atoms with van der Waals surface area (Å²) in [6.07, 6.45) is 1.57. The number of hydrogen-bond acceptors (Lipinski definition) is 4. The van der Waals surface area contributed by atoms with Gasteiger partial charge >= 0.3 is 0 Å². The summed E-state index contributed by atoms with van der Waals surface area (Å²) in [5.74, 6) is 0.225. The van der Waals surface area contributed by atoms with Crippen LogP contribution in [0.25, 0.3) is 11.3 Å². The number of carbonyl (C=O) groups is 1. The van der Waals surface area contributed by atoms with E-state index in [9.17, 15) is 4.79 Å². The van der Waals surface area contributed by atoms with E-state index in [1.54, 1.807) is 16.9 Å². The first-order valence-corrected chi connectivity index (χ1v) is 7.57. The van der Waals surface area contributed by atoms with Crippen molar-refractivity contribution in [3.05, 3.63) is 59.0 Å². The van der Waals surface area contributed by atoms with Crippen LogP contribution in [0, 0.1) is 0 Å². The number of nitrogens with zero attached hydrogens (tertiary/aromatic N) is 3. The first kappa shape index (κ1) is 15.3. The Hall–Kier alpha value is -2.60. The molecule has 0 radical (unpaired) electrons. The van der Waals surface area contributed by atoms with Gasteiger partial charge in [-0.3, -0.25) is 9.48 Å². The van der Waals surface area contributed by atoms with Gasteiger partial charge in [0.25, 0.3) is 5.91 Å². The predicted molar refractivity (Wildman–Crippen MR) is 86.0 cm³/mol. The maximum absolute atomic E-state index is 12.2. The minimum atomic E-state index is -0.323. The third-order valence-electron chi connectivity index (χ3n) is 3.41. The Morgan fingerprint density at radius 3 is 2.87 bits per heavy atom. The molecule has 23 heavy (non-hydrogen) atoms. The Bertz CT molecular complexity index is 811. The lowest BCUT2D eigenvalue weighted by Crippen LogP contribution is -2.24. The maximum Gasteiger partial charge on any atom is 0.273 e. The third-order valence-corrected chi connectivity index (χ3v) is 3.73. The van der Waals surface area contributed by atoms with E-state index < -0.39 is 0 Å². The molecule has 0 aliphatic carbocycles. The molecule has 6 nitrogen and oxygen atoms in total. The quantitative estimate of drug-likeness (QED) is 0.780. The summed E-state index contributed by atoms with van der Waals surface area (Å²) in [6, 6.07) is 11.1.